The Balaban J connectivity index is 0.000000557. The van der Waals surface area contributed by atoms with E-state index in [1.807, 2.05) is 19.1 Å². The molecule has 0 fully saturated rings. The normalized spacial score (nSPS) is 8.82. The van der Waals surface area contributed by atoms with E-state index in [0.717, 1.165) is 5.56 Å². The molecule has 1 aromatic rings. The maximum absolute atomic E-state index is 9.44. The highest BCUT2D eigenvalue weighted by Crippen LogP contribution is 2.37. The highest BCUT2D eigenvalue weighted by Gasteiger charge is 2.10. The van der Waals surface area contributed by atoms with Crippen molar-refractivity contribution in [1.29, 1.82) is 0 Å². The lowest BCUT2D eigenvalue weighted by Crippen LogP contribution is -1.95. The molecular formula is C13H20O4. The Kier molecular flexibility index (Phi) is 6.79. The number of hydrogen-bond donors (Lipinski definition) is 0. The second-order valence-corrected chi connectivity index (χ2v) is 3.61. The van der Waals surface area contributed by atoms with Crippen LogP contribution in [0, 0.1) is 6.92 Å². The van der Waals surface area contributed by atoms with E-state index in [1.54, 1.807) is 21.3 Å². The molecule has 0 aliphatic rings. The van der Waals surface area contributed by atoms with Crippen LogP contribution < -0.4 is 14.2 Å². The quantitative estimate of drug-likeness (QED) is 0.814. The number of aryl methyl sites for hydroxylation is 1. The average molecular weight is 240 g/mol. The number of carbonyl (C=O) groups is 1. The summed E-state index contributed by atoms with van der Waals surface area (Å²) >= 11 is 0. The zero-order valence-corrected chi connectivity index (χ0v) is 11.3. The topological polar surface area (TPSA) is 44.8 Å². The molecule has 0 atom stereocenters. The van der Waals surface area contributed by atoms with Gasteiger partial charge in [-0.3, -0.25) is 0 Å². The number of rotatable bonds is 3. The maximum atomic E-state index is 9.44. The molecule has 96 valence electrons. The van der Waals surface area contributed by atoms with Gasteiger partial charge in [0.25, 0.3) is 0 Å². The van der Waals surface area contributed by atoms with Gasteiger partial charge in [0.05, 0.1) is 21.3 Å². The van der Waals surface area contributed by atoms with Crippen LogP contribution in [-0.4, -0.2) is 27.1 Å². The maximum Gasteiger partial charge on any atom is 0.203 e. The van der Waals surface area contributed by atoms with E-state index in [1.165, 1.54) is 13.8 Å². The van der Waals surface area contributed by atoms with Gasteiger partial charge in [-0.15, -0.1) is 0 Å². The van der Waals surface area contributed by atoms with Crippen molar-refractivity contribution >= 4 is 5.78 Å². The summed E-state index contributed by atoms with van der Waals surface area (Å²) in [5, 5.41) is 0. The van der Waals surface area contributed by atoms with Gasteiger partial charge in [0.1, 0.15) is 5.78 Å². The SMILES string of the molecule is CC(C)=O.COc1cc(C)cc(OC)c1OC. The molecule has 0 bridgehead atoms. The van der Waals surface area contributed by atoms with E-state index in [2.05, 4.69) is 0 Å². The first-order valence-corrected chi connectivity index (χ1v) is 5.20. The third kappa shape index (κ3) is 5.24. The minimum atomic E-state index is 0.167. The predicted octanol–water partition coefficient (Wildman–Crippen LogP) is 2.62. The molecule has 1 aromatic carbocycles. The lowest BCUT2D eigenvalue weighted by molar-refractivity contribution is -0.114. The van der Waals surface area contributed by atoms with E-state index in [-0.39, 0.29) is 5.78 Å². The van der Waals surface area contributed by atoms with E-state index < -0.39 is 0 Å². The summed E-state index contributed by atoms with van der Waals surface area (Å²) in [5.41, 5.74) is 1.08. The Morgan fingerprint density at radius 3 is 1.53 bits per heavy atom. The molecule has 4 nitrogen and oxygen atoms in total. The van der Waals surface area contributed by atoms with Gasteiger partial charge < -0.3 is 19.0 Å². The van der Waals surface area contributed by atoms with Crippen molar-refractivity contribution in [2.45, 2.75) is 20.8 Å². The summed E-state index contributed by atoms with van der Waals surface area (Å²) < 4.78 is 15.5. The second-order valence-electron chi connectivity index (χ2n) is 3.61. The van der Waals surface area contributed by atoms with Gasteiger partial charge in [0, 0.05) is 0 Å². The van der Waals surface area contributed by atoms with Crippen LogP contribution in [0.4, 0.5) is 0 Å². The Hall–Kier alpha value is -1.71. The van der Waals surface area contributed by atoms with Crippen LogP contribution in [0.2, 0.25) is 0 Å². The van der Waals surface area contributed by atoms with Crippen molar-refractivity contribution in [2.24, 2.45) is 0 Å². The fraction of sp³-hybridized carbons (Fsp3) is 0.462. The van der Waals surface area contributed by atoms with Gasteiger partial charge in [0.2, 0.25) is 5.75 Å². The van der Waals surface area contributed by atoms with Crippen LogP contribution in [0.5, 0.6) is 17.2 Å². The van der Waals surface area contributed by atoms with E-state index in [9.17, 15) is 4.79 Å². The van der Waals surface area contributed by atoms with E-state index in [4.69, 9.17) is 14.2 Å². The van der Waals surface area contributed by atoms with Crippen LogP contribution >= 0.6 is 0 Å². The summed E-state index contributed by atoms with van der Waals surface area (Å²) in [6.45, 7) is 5.03. The molecular weight excluding hydrogens is 220 g/mol. The van der Waals surface area contributed by atoms with Gasteiger partial charge in [-0.25, -0.2) is 0 Å². The predicted molar refractivity (Wildman–Crippen MR) is 67.2 cm³/mol. The van der Waals surface area contributed by atoms with Gasteiger partial charge >= 0.3 is 0 Å². The minimum absolute atomic E-state index is 0.167. The first kappa shape index (κ1) is 15.3. The van der Waals surface area contributed by atoms with Crippen molar-refractivity contribution in [3.8, 4) is 17.2 Å². The molecule has 0 saturated heterocycles. The van der Waals surface area contributed by atoms with Gasteiger partial charge in [0.15, 0.2) is 11.5 Å². The summed E-state index contributed by atoms with van der Waals surface area (Å²) in [7, 11) is 4.81. The van der Waals surface area contributed by atoms with Crippen LogP contribution in [0.15, 0.2) is 12.1 Å². The van der Waals surface area contributed by atoms with Crippen LogP contribution in [0.3, 0.4) is 0 Å². The summed E-state index contributed by atoms with van der Waals surface area (Å²) in [6.07, 6.45) is 0. The Morgan fingerprint density at radius 1 is 0.941 bits per heavy atom. The third-order valence-electron chi connectivity index (χ3n) is 1.81. The third-order valence-corrected chi connectivity index (χ3v) is 1.81. The van der Waals surface area contributed by atoms with Crippen LogP contribution in [0.25, 0.3) is 0 Å². The monoisotopic (exact) mass is 240 g/mol. The number of carbonyl (C=O) groups excluding carboxylic acids is 1. The zero-order valence-electron chi connectivity index (χ0n) is 11.3. The summed E-state index contributed by atoms with van der Waals surface area (Å²) in [6, 6.07) is 3.81. The fourth-order valence-electron chi connectivity index (χ4n) is 1.21. The molecule has 4 heteroatoms. The van der Waals surface area contributed by atoms with E-state index >= 15 is 0 Å². The number of ether oxygens (including phenoxy) is 3. The van der Waals surface area contributed by atoms with Crippen molar-refractivity contribution in [1.82, 2.24) is 0 Å². The number of benzene rings is 1. The molecule has 0 spiro atoms. The van der Waals surface area contributed by atoms with Crippen LogP contribution in [0.1, 0.15) is 19.4 Å². The molecule has 0 N–H and O–H groups in total. The van der Waals surface area contributed by atoms with E-state index in [0.29, 0.717) is 17.2 Å². The Labute approximate surface area is 102 Å². The largest absolute Gasteiger partial charge is 0.493 e. The van der Waals surface area contributed by atoms with Crippen molar-refractivity contribution in [3.05, 3.63) is 17.7 Å². The van der Waals surface area contributed by atoms with Crippen molar-refractivity contribution in [2.75, 3.05) is 21.3 Å². The highest BCUT2D eigenvalue weighted by molar-refractivity contribution is 5.72. The minimum Gasteiger partial charge on any atom is -0.493 e. The first-order chi connectivity index (χ1) is 7.96. The van der Waals surface area contributed by atoms with Crippen molar-refractivity contribution in [3.63, 3.8) is 0 Å². The highest BCUT2D eigenvalue weighted by atomic mass is 16.5. The van der Waals surface area contributed by atoms with Gasteiger partial charge in [-0.2, -0.15) is 0 Å². The van der Waals surface area contributed by atoms with Gasteiger partial charge in [-0.05, 0) is 38.5 Å². The number of hydrogen-bond acceptors (Lipinski definition) is 4. The molecule has 0 unspecified atom stereocenters. The molecule has 0 heterocycles. The standard InChI is InChI=1S/C10H14O3.C3H6O/c1-7-5-8(11-2)10(13-4)9(6-7)12-3;1-3(2)4/h5-6H,1-4H3;1-2H3. The molecule has 0 radical (unpaired) electrons. The van der Waals surface area contributed by atoms with Crippen LogP contribution in [-0.2, 0) is 4.79 Å². The fourth-order valence-corrected chi connectivity index (χ4v) is 1.21. The Morgan fingerprint density at radius 2 is 1.29 bits per heavy atom. The zero-order chi connectivity index (χ0) is 13.4. The molecule has 0 aliphatic heterocycles. The lowest BCUT2D eigenvalue weighted by Gasteiger charge is -2.12. The number of methoxy groups -OCH3 is 3. The molecule has 0 aliphatic carbocycles. The average Bonchev–Trinajstić information content (AvgIpc) is 2.26. The molecule has 17 heavy (non-hydrogen) atoms. The first-order valence-electron chi connectivity index (χ1n) is 5.20. The van der Waals surface area contributed by atoms with Gasteiger partial charge in [-0.1, -0.05) is 0 Å². The Bertz CT molecular complexity index is 343. The van der Waals surface area contributed by atoms with Crippen molar-refractivity contribution < 1.29 is 19.0 Å². The summed E-state index contributed by atoms with van der Waals surface area (Å²) in [5.74, 6) is 2.19. The molecule has 1 rings (SSSR count). The molecule has 0 aromatic heterocycles. The number of ketones is 1. The smallest absolute Gasteiger partial charge is 0.203 e. The number of Topliss-reactive ketones (excluding diaryl/α,β-unsaturated/α-hetero) is 1. The molecule has 0 amide bonds. The summed E-state index contributed by atoms with van der Waals surface area (Å²) in [4.78, 5) is 9.44. The second kappa shape index (κ2) is 7.54. The lowest BCUT2D eigenvalue weighted by atomic mass is 10.2. The molecule has 0 saturated carbocycles.